The summed E-state index contributed by atoms with van der Waals surface area (Å²) < 4.78 is 11.0. The molecule has 1 aliphatic heterocycles. The number of anilines is 1. The van der Waals surface area contributed by atoms with Crippen LogP contribution in [0.1, 0.15) is 47.5 Å². The molecule has 0 aromatic heterocycles. The number of amides is 1. The third kappa shape index (κ3) is 3.56. The minimum Gasteiger partial charge on any atom is -0.493 e. The average Bonchev–Trinajstić information content (AvgIpc) is 2.78. The van der Waals surface area contributed by atoms with Crippen molar-refractivity contribution in [3.63, 3.8) is 0 Å². The molecule has 1 atom stereocenters. The van der Waals surface area contributed by atoms with Gasteiger partial charge in [0.05, 0.1) is 19.8 Å². The van der Waals surface area contributed by atoms with E-state index in [1.54, 1.807) is 25.3 Å². The van der Waals surface area contributed by atoms with Gasteiger partial charge in [0, 0.05) is 41.3 Å². The Morgan fingerprint density at radius 3 is 2.55 bits per heavy atom. The Morgan fingerprint density at radius 2 is 1.84 bits per heavy atom. The number of carbonyl (C=O) groups excluding carboxylic acids is 2. The summed E-state index contributed by atoms with van der Waals surface area (Å²) in [6.45, 7) is 0. The standard InChI is InChI=1S/C24H23NO6/c1-30-20-11-4-8-16(23(20)31-2)17-13-21(27)25(18-9-5-10-19(26)22(17)18)15-7-3-6-14(12-15)24(28)29/h3-4,6-8,11-12,17H,5,9-10,13H2,1-2H3,(H,28,29). The van der Waals surface area contributed by atoms with Gasteiger partial charge < -0.3 is 14.6 Å². The lowest BCUT2D eigenvalue weighted by atomic mass is 9.76. The molecule has 31 heavy (non-hydrogen) atoms. The number of ether oxygens (including phenoxy) is 2. The second-order valence-electron chi connectivity index (χ2n) is 7.56. The van der Waals surface area contributed by atoms with Crippen molar-refractivity contribution in [3.05, 3.63) is 64.9 Å². The van der Waals surface area contributed by atoms with Gasteiger partial charge in [0.15, 0.2) is 17.3 Å². The van der Waals surface area contributed by atoms with Crippen molar-refractivity contribution in [2.45, 2.75) is 31.6 Å². The molecule has 160 valence electrons. The molecule has 0 saturated heterocycles. The summed E-state index contributed by atoms with van der Waals surface area (Å²) in [7, 11) is 3.08. The van der Waals surface area contributed by atoms with Crippen molar-refractivity contribution >= 4 is 23.3 Å². The third-order valence-corrected chi connectivity index (χ3v) is 5.84. The fraction of sp³-hybridized carbons (Fsp3) is 0.292. The number of methoxy groups -OCH3 is 2. The van der Waals surface area contributed by atoms with E-state index in [1.807, 2.05) is 12.1 Å². The van der Waals surface area contributed by atoms with Crippen LogP contribution in [0.2, 0.25) is 0 Å². The van der Waals surface area contributed by atoms with Crippen molar-refractivity contribution < 1.29 is 29.0 Å². The number of hydrogen-bond acceptors (Lipinski definition) is 5. The number of allylic oxidation sites excluding steroid dienone is 2. The molecule has 7 nitrogen and oxygen atoms in total. The third-order valence-electron chi connectivity index (χ3n) is 5.84. The lowest BCUT2D eigenvalue weighted by Crippen LogP contribution is -2.40. The van der Waals surface area contributed by atoms with E-state index >= 15 is 0 Å². The predicted molar refractivity (Wildman–Crippen MR) is 114 cm³/mol. The number of carbonyl (C=O) groups is 3. The minimum absolute atomic E-state index is 0.00279. The lowest BCUT2D eigenvalue weighted by molar-refractivity contribution is -0.119. The second kappa shape index (κ2) is 8.26. The Balaban J connectivity index is 1.89. The van der Waals surface area contributed by atoms with Crippen molar-refractivity contribution in [2.75, 3.05) is 19.1 Å². The molecule has 0 radical (unpaired) electrons. The average molecular weight is 421 g/mol. The van der Waals surface area contributed by atoms with E-state index in [0.717, 1.165) is 5.56 Å². The highest BCUT2D eigenvalue weighted by Crippen LogP contribution is 2.47. The van der Waals surface area contributed by atoms with Gasteiger partial charge in [0.25, 0.3) is 0 Å². The highest BCUT2D eigenvalue weighted by molar-refractivity contribution is 6.08. The number of carboxylic acids is 1. The molecule has 2 aromatic rings. The molecule has 0 bridgehead atoms. The molecule has 7 heteroatoms. The first-order valence-electron chi connectivity index (χ1n) is 10.1. The topological polar surface area (TPSA) is 93.1 Å². The predicted octanol–water partition coefficient (Wildman–Crippen LogP) is 3.93. The van der Waals surface area contributed by atoms with Gasteiger partial charge in [-0.2, -0.15) is 0 Å². The molecule has 4 rings (SSSR count). The Bertz CT molecular complexity index is 1100. The summed E-state index contributed by atoms with van der Waals surface area (Å²) in [4.78, 5) is 39.3. The maximum atomic E-state index is 13.3. The van der Waals surface area contributed by atoms with Gasteiger partial charge in [0.2, 0.25) is 5.91 Å². The zero-order valence-corrected chi connectivity index (χ0v) is 17.4. The molecule has 0 spiro atoms. The van der Waals surface area contributed by atoms with Crippen LogP contribution in [0.5, 0.6) is 11.5 Å². The first-order chi connectivity index (χ1) is 15.0. The quantitative estimate of drug-likeness (QED) is 0.786. The first-order valence-corrected chi connectivity index (χ1v) is 10.1. The smallest absolute Gasteiger partial charge is 0.335 e. The Labute approximate surface area is 179 Å². The molecule has 0 fully saturated rings. The Morgan fingerprint density at radius 1 is 1.06 bits per heavy atom. The van der Waals surface area contributed by atoms with Crippen LogP contribution in [0.3, 0.4) is 0 Å². The SMILES string of the molecule is COc1cccc(C2CC(=O)N(c3cccc(C(=O)O)c3)C3=C2C(=O)CCC3)c1OC. The summed E-state index contributed by atoms with van der Waals surface area (Å²) >= 11 is 0. The number of para-hydroxylation sites is 1. The summed E-state index contributed by atoms with van der Waals surface area (Å²) in [5.74, 6) is -0.656. The van der Waals surface area contributed by atoms with Gasteiger partial charge >= 0.3 is 5.97 Å². The molecule has 1 heterocycles. The van der Waals surface area contributed by atoms with Gasteiger partial charge in [-0.15, -0.1) is 0 Å². The van der Waals surface area contributed by atoms with Gasteiger partial charge in [-0.3, -0.25) is 14.5 Å². The number of benzene rings is 2. The molecular weight excluding hydrogens is 398 g/mol. The van der Waals surface area contributed by atoms with E-state index < -0.39 is 11.9 Å². The maximum absolute atomic E-state index is 13.3. The van der Waals surface area contributed by atoms with Crippen LogP contribution in [0, 0.1) is 0 Å². The normalized spacial score (nSPS) is 18.6. The van der Waals surface area contributed by atoms with Crippen molar-refractivity contribution in [1.29, 1.82) is 0 Å². The molecule has 2 aromatic carbocycles. The molecule has 1 unspecified atom stereocenters. The fourth-order valence-corrected chi connectivity index (χ4v) is 4.52. The van der Waals surface area contributed by atoms with Crippen LogP contribution in [0.25, 0.3) is 0 Å². The lowest BCUT2D eigenvalue weighted by Gasteiger charge is -2.38. The number of rotatable bonds is 5. The summed E-state index contributed by atoms with van der Waals surface area (Å²) in [6.07, 6.45) is 1.69. The van der Waals surface area contributed by atoms with Crippen molar-refractivity contribution in [2.24, 2.45) is 0 Å². The molecule has 2 aliphatic rings. The summed E-state index contributed by atoms with van der Waals surface area (Å²) in [5.41, 5.74) is 2.52. The molecule has 0 saturated carbocycles. The van der Waals surface area contributed by atoms with E-state index in [2.05, 4.69) is 0 Å². The van der Waals surface area contributed by atoms with E-state index in [9.17, 15) is 19.5 Å². The number of carboxylic acid groups (broad SMARTS) is 1. The highest BCUT2D eigenvalue weighted by Gasteiger charge is 2.41. The van der Waals surface area contributed by atoms with E-state index in [-0.39, 0.29) is 23.7 Å². The fourth-order valence-electron chi connectivity index (χ4n) is 4.52. The molecule has 1 amide bonds. The molecular formula is C24H23NO6. The van der Waals surface area contributed by atoms with Gasteiger partial charge in [-0.1, -0.05) is 18.2 Å². The summed E-state index contributed by atoms with van der Waals surface area (Å²) in [5, 5.41) is 9.35. The van der Waals surface area contributed by atoms with Crippen LogP contribution in [-0.4, -0.2) is 37.0 Å². The number of aromatic carboxylic acids is 1. The number of hydrogen-bond donors (Lipinski definition) is 1. The van der Waals surface area contributed by atoms with E-state index in [0.29, 0.717) is 47.7 Å². The maximum Gasteiger partial charge on any atom is 0.335 e. The zero-order valence-electron chi connectivity index (χ0n) is 17.4. The van der Waals surface area contributed by atoms with E-state index in [1.165, 1.54) is 24.1 Å². The highest BCUT2D eigenvalue weighted by atomic mass is 16.5. The monoisotopic (exact) mass is 421 g/mol. The molecule has 1 N–H and O–H groups in total. The number of Topliss-reactive ketones (excluding diaryl/α,β-unsaturated/α-hetero) is 1. The van der Waals surface area contributed by atoms with Crippen molar-refractivity contribution in [3.8, 4) is 11.5 Å². The second-order valence-corrected chi connectivity index (χ2v) is 7.56. The van der Waals surface area contributed by atoms with E-state index in [4.69, 9.17) is 9.47 Å². The van der Waals surface area contributed by atoms with Gasteiger partial charge in [-0.25, -0.2) is 4.79 Å². The number of nitrogens with zero attached hydrogens (tertiary/aromatic N) is 1. The number of ketones is 1. The van der Waals surface area contributed by atoms with Crippen LogP contribution >= 0.6 is 0 Å². The molecule has 1 aliphatic carbocycles. The Kier molecular flexibility index (Phi) is 5.50. The van der Waals surface area contributed by atoms with Crippen LogP contribution in [0.15, 0.2) is 53.7 Å². The minimum atomic E-state index is -1.07. The first kappa shape index (κ1) is 20.7. The van der Waals surface area contributed by atoms with Crippen molar-refractivity contribution in [1.82, 2.24) is 0 Å². The van der Waals surface area contributed by atoms with Gasteiger partial charge in [-0.05, 0) is 37.1 Å². The van der Waals surface area contributed by atoms with Crippen LogP contribution in [0.4, 0.5) is 5.69 Å². The van der Waals surface area contributed by atoms with Crippen LogP contribution in [-0.2, 0) is 9.59 Å². The largest absolute Gasteiger partial charge is 0.493 e. The van der Waals surface area contributed by atoms with Crippen LogP contribution < -0.4 is 14.4 Å². The van der Waals surface area contributed by atoms with Gasteiger partial charge in [0.1, 0.15) is 0 Å². The summed E-state index contributed by atoms with van der Waals surface area (Å²) in [6, 6.07) is 11.7. The Hall–Kier alpha value is -3.61. The zero-order chi connectivity index (χ0) is 22.1.